The van der Waals surface area contributed by atoms with E-state index in [0.717, 1.165) is 0 Å². The highest BCUT2D eigenvalue weighted by atomic mass is 16.6. The van der Waals surface area contributed by atoms with Gasteiger partial charge in [0.15, 0.2) is 0 Å². The minimum absolute atomic E-state index is 0.0898. The molecule has 2 aromatic carbocycles. The lowest BCUT2D eigenvalue weighted by atomic mass is 10.1. The van der Waals surface area contributed by atoms with E-state index in [4.69, 9.17) is 5.26 Å². The van der Waals surface area contributed by atoms with Crippen molar-refractivity contribution in [2.75, 3.05) is 10.6 Å². The molecule has 2 N–H and O–H groups in total. The molecule has 0 saturated carbocycles. The second-order valence-electron chi connectivity index (χ2n) is 5.45. The summed E-state index contributed by atoms with van der Waals surface area (Å²) in [4.78, 5) is 22.2. The van der Waals surface area contributed by atoms with Crippen LogP contribution >= 0.6 is 0 Å². The third-order valence-corrected chi connectivity index (χ3v) is 3.28. The number of anilines is 3. The average molecular weight is 324 g/mol. The number of nitro benzene ring substituents is 1. The molecule has 1 amide bonds. The highest BCUT2D eigenvalue weighted by Gasteiger charge is 2.14. The van der Waals surface area contributed by atoms with Crippen LogP contribution in [0.15, 0.2) is 42.5 Å². The Labute approximate surface area is 139 Å². The van der Waals surface area contributed by atoms with Gasteiger partial charge < -0.3 is 10.6 Å². The van der Waals surface area contributed by atoms with Gasteiger partial charge in [0.2, 0.25) is 5.91 Å². The number of amides is 1. The van der Waals surface area contributed by atoms with Crippen molar-refractivity contribution >= 4 is 28.7 Å². The number of hydrogen-bond acceptors (Lipinski definition) is 5. The molecule has 0 aliphatic rings. The summed E-state index contributed by atoms with van der Waals surface area (Å²) in [6.07, 6.45) is 0. The van der Waals surface area contributed by atoms with E-state index in [9.17, 15) is 14.9 Å². The fourth-order valence-corrected chi connectivity index (χ4v) is 1.94. The molecular formula is C17H16N4O3. The molecule has 0 aliphatic carbocycles. The molecule has 0 heterocycles. The molecule has 7 heteroatoms. The number of hydrogen-bond donors (Lipinski definition) is 2. The Morgan fingerprint density at radius 3 is 2.33 bits per heavy atom. The van der Waals surface area contributed by atoms with Gasteiger partial charge in [-0.3, -0.25) is 14.9 Å². The summed E-state index contributed by atoms with van der Waals surface area (Å²) in [6.45, 7) is 3.60. The van der Waals surface area contributed by atoms with Crippen molar-refractivity contribution in [1.82, 2.24) is 0 Å². The van der Waals surface area contributed by atoms with E-state index in [1.165, 1.54) is 18.2 Å². The van der Waals surface area contributed by atoms with Crippen LogP contribution in [0.2, 0.25) is 0 Å². The van der Waals surface area contributed by atoms with Gasteiger partial charge in [-0.05, 0) is 36.4 Å². The molecule has 122 valence electrons. The van der Waals surface area contributed by atoms with E-state index in [0.29, 0.717) is 16.9 Å². The summed E-state index contributed by atoms with van der Waals surface area (Å²) in [7, 11) is 0. The predicted molar refractivity (Wildman–Crippen MR) is 91.0 cm³/mol. The molecule has 0 aliphatic heterocycles. The van der Waals surface area contributed by atoms with Crippen LogP contribution in [0.3, 0.4) is 0 Å². The molecule has 24 heavy (non-hydrogen) atoms. The normalized spacial score (nSPS) is 10.1. The maximum Gasteiger partial charge on any atom is 0.292 e. The van der Waals surface area contributed by atoms with E-state index >= 15 is 0 Å². The van der Waals surface area contributed by atoms with E-state index in [1.807, 2.05) is 6.07 Å². The standard InChI is InChI=1S/C17H16N4O3/c1-11(2)17(22)20-14-6-4-13(5-7-14)19-15-9-12(10-18)3-8-16(15)21(23)24/h3-9,11,19H,1-2H3,(H,20,22). The third-order valence-electron chi connectivity index (χ3n) is 3.28. The van der Waals surface area contributed by atoms with Crippen molar-refractivity contribution in [1.29, 1.82) is 5.26 Å². The number of nitrogens with one attached hydrogen (secondary N) is 2. The quantitative estimate of drug-likeness (QED) is 0.642. The Morgan fingerprint density at radius 2 is 1.79 bits per heavy atom. The highest BCUT2D eigenvalue weighted by Crippen LogP contribution is 2.29. The number of rotatable bonds is 5. The van der Waals surface area contributed by atoms with Gasteiger partial charge in [0, 0.05) is 23.4 Å². The maximum atomic E-state index is 11.6. The molecule has 0 atom stereocenters. The number of nitriles is 1. The summed E-state index contributed by atoms with van der Waals surface area (Å²) in [5.41, 5.74) is 1.68. The molecule has 2 rings (SSSR count). The van der Waals surface area contributed by atoms with Gasteiger partial charge in [-0.15, -0.1) is 0 Å². The Hall–Kier alpha value is -3.40. The molecule has 0 radical (unpaired) electrons. The van der Waals surface area contributed by atoms with Gasteiger partial charge in [-0.25, -0.2) is 0 Å². The van der Waals surface area contributed by atoms with Gasteiger partial charge in [0.1, 0.15) is 5.69 Å². The molecule has 0 fully saturated rings. The van der Waals surface area contributed by atoms with E-state index in [1.54, 1.807) is 38.1 Å². The zero-order valence-corrected chi connectivity index (χ0v) is 13.2. The molecule has 0 unspecified atom stereocenters. The van der Waals surface area contributed by atoms with Crippen LogP contribution < -0.4 is 10.6 Å². The number of benzene rings is 2. The van der Waals surface area contributed by atoms with Crippen LogP contribution in [0.5, 0.6) is 0 Å². The van der Waals surface area contributed by atoms with Crippen LogP contribution in [0.25, 0.3) is 0 Å². The number of nitro groups is 1. The second-order valence-corrected chi connectivity index (χ2v) is 5.45. The average Bonchev–Trinajstić information content (AvgIpc) is 2.56. The largest absolute Gasteiger partial charge is 0.350 e. The number of nitrogens with zero attached hydrogens (tertiary/aromatic N) is 2. The van der Waals surface area contributed by atoms with Crippen molar-refractivity contribution in [3.63, 3.8) is 0 Å². The minimum atomic E-state index is -0.513. The fourth-order valence-electron chi connectivity index (χ4n) is 1.94. The first-order valence-corrected chi connectivity index (χ1v) is 7.27. The van der Waals surface area contributed by atoms with Crippen LogP contribution in [-0.2, 0) is 4.79 Å². The second kappa shape index (κ2) is 7.24. The molecule has 0 saturated heterocycles. The first kappa shape index (κ1) is 17.0. The van der Waals surface area contributed by atoms with Gasteiger partial charge in [0.05, 0.1) is 16.6 Å². The highest BCUT2D eigenvalue weighted by molar-refractivity contribution is 5.92. The van der Waals surface area contributed by atoms with Crippen molar-refractivity contribution in [3.05, 3.63) is 58.1 Å². The molecular weight excluding hydrogens is 308 g/mol. The first-order valence-electron chi connectivity index (χ1n) is 7.27. The smallest absolute Gasteiger partial charge is 0.292 e. The summed E-state index contributed by atoms with van der Waals surface area (Å²) in [5.74, 6) is -0.216. The molecule has 7 nitrogen and oxygen atoms in total. The Bertz CT molecular complexity index is 808. The summed E-state index contributed by atoms with van der Waals surface area (Å²) >= 11 is 0. The first-order chi connectivity index (χ1) is 11.4. The zero-order valence-electron chi connectivity index (χ0n) is 13.2. The van der Waals surface area contributed by atoms with Gasteiger partial charge in [-0.1, -0.05) is 13.8 Å². The fraction of sp³-hybridized carbons (Fsp3) is 0.176. The summed E-state index contributed by atoms with van der Waals surface area (Å²) in [5, 5.41) is 25.7. The van der Waals surface area contributed by atoms with E-state index in [-0.39, 0.29) is 23.2 Å². The Balaban J connectivity index is 2.21. The third kappa shape index (κ3) is 4.08. The van der Waals surface area contributed by atoms with Crippen molar-refractivity contribution < 1.29 is 9.72 Å². The Kier molecular flexibility index (Phi) is 5.12. The summed E-state index contributed by atoms with van der Waals surface area (Å²) in [6, 6.07) is 12.8. The molecule has 0 spiro atoms. The topological polar surface area (TPSA) is 108 Å². The lowest BCUT2D eigenvalue weighted by Crippen LogP contribution is -2.17. The summed E-state index contributed by atoms with van der Waals surface area (Å²) < 4.78 is 0. The maximum absolute atomic E-state index is 11.6. The molecule has 0 aromatic heterocycles. The monoisotopic (exact) mass is 324 g/mol. The van der Waals surface area contributed by atoms with Crippen LogP contribution in [-0.4, -0.2) is 10.8 Å². The van der Waals surface area contributed by atoms with Gasteiger partial charge in [-0.2, -0.15) is 5.26 Å². The SMILES string of the molecule is CC(C)C(=O)Nc1ccc(Nc2cc(C#N)ccc2[N+](=O)[O-])cc1. The lowest BCUT2D eigenvalue weighted by Gasteiger charge is -2.10. The molecule has 2 aromatic rings. The van der Waals surface area contributed by atoms with E-state index in [2.05, 4.69) is 10.6 Å². The number of carbonyl (C=O) groups is 1. The predicted octanol–water partition coefficient (Wildman–Crippen LogP) is 3.80. The zero-order chi connectivity index (χ0) is 17.7. The number of carbonyl (C=O) groups excluding carboxylic acids is 1. The van der Waals surface area contributed by atoms with Crippen LogP contribution in [0.4, 0.5) is 22.7 Å². The molecule has 0 bridgehead atoms. The minimum Gasteiger partial charge on any atom is -0.350 e. The lowest BCUT2D eigenvalue weighted by molar-refractivity contribution is -0.383. The van der Waals surface area contributed by atoms with Crippen LogP contribution in [0.1, 0.15) is 19.4 Å². The van der Waals surface area contributed by atoms with Crippen molar-refractivity contribution in [2.24, 2.45) is 5.92 Å². The van der Waals surface area contributed by atoms with Gasteiger partial charge in [0.25, 0.3) is 5.69 Å². The Morgan fingerprint density at radius 1 is 1.17 bits per heavy atom. The van der Waals surface area contributed by atoms with Crippen molar-refractivity contribution in [2.45, 2.75) is 13.8 Å². The van der Waals surface area contributed by atoms with Crippen molar-refractivity contribution in [3.8, 4) is 6.07 Å². The van der Waals surface area contributed by atoms with E-state index < -0.39 is 4.92 Å². The van der Waals surface area contributed by atoms with Gasteiger partial charge >= 0.3 is 0 Å². The van der Waals surface area contributed by atoms with Crippen LogP contribution in [0, 0.1) is 27.4 Å².